The van der Waals surface area contributed by atoms with Crippen LogP contribution in [0.1, 0.15) is 24.4 Å². The number of methoxy groups -OCH3 is 2. The van der Waals surface area contributed by atoms with Gasteiger partial charge in [-0.25, -0.2) is 27.9 Å². The first-order chi connectivity index (χ1) is 21.0. The van der Waals surface area contributed by atoms with Crippen LogP contribution in [0.4, 0.5) is 5.95 Å². The summed E-state index contributed by atoms with van der Waals surface area (Å²) in [5, 5.41) is 5.99. The lowest BCUT2D eigenvalue weighted by atomic mass is 9.52. The van der Waals surface area contributed by atoms with Crippen LogP contribution in [0.15, 0.2) is 36.9 Å². The van der Waals surface area contributed by atoms with Crippen LogP contribution in [-0.2, 0) is 14.8 Å². The predicted octanol–water partition coefficient (Wildman–Crippen LogP) is -4.48. The fraction of sp³-hybridized carbons (Fsp3) is 0.348. The first kappa shape index (κ1) is 33.8. The fourth-order valence-electron chi connectivity index (χ4n) is 4.09. The van der Waals surface area contributed by atoms with Gasteiger partial charge < -0.3 is 18.9 Å². The third-order valence-corrected chi connectivity index (χ3v) is 7.76. The Labute approximate surface area is 267 Å². The number of nitrogens with one attached hydrogen (secondary N) is 1. The van der Waals surface area contributed by atoms with Crippen LogP contribution in [0.2, 0.25) is 0 Å². The van der Waals surface area contributed by atoms with Crippen molar-refractivity contribution in [3.05, 3.63) is 48.3 Å². The molecule has 4 heterocycles. The second-order valence-electron chi connectivity index (χ2n) is 12.1. The predicted molar refractivity (Wildman–Crippen MR) is 183 cm³/mol. The minimum Gasteiger partial charge on any atom is -0.497 e. The van der Waals surface area contributed by atoms with Crippen molar-refractivity contribution in [3.8, 4) is 34.8 Å². The molecule has 45 heavy (non-hydrogen) atoms. The third kappa shape index (κ3) is 8.16. The Bertz CT molecular complexity index is 1720. The molecule has 0 aliphatic rings. The minimum absolute atomic E-state index is 0.0945. The van der Waals surface area contributed by atoms with Crippen molar-refractivity contribution in [1.82, 2.24) is 39.7 Å². The molecule has 15 nitrogen and oxygen atoms in total. The highest BCUT2D eigenvalue weighted by molar-refractivity contribution is 7.93. The van der Waals surface area contributed by atoms with Gasteiger partial charge in [-0.15, -0.1) is 10.2 Å². The summed E-state index contributed by atoms with van der Waals surface area (Å²) in [5.41, 5.74) is 1.29. The summed E-state index contributed by atoms with van der Waals surface area (Å²) in [7, 11) is 9.74. The molecule has 4 aromatic rings. The number of aryl methyl sites for hydroxylation is 1. The van der Waals surface area contributed by atoms with E-state index in [2.05, 4.69) is 39.8 Å². The number of sulfonamides is 1. The molecule has 0 aliphatic carbocycles. The Morgan fingerprint density at radius 3 is 2.04 bits per heavy atom. The van der Waals surface area contributed by atoms with Gasteiger partial charge in [-0.2, -0.15) is 9.97 Å². The van der Waals surface area contributed by atoms with E-state index in [-0.39, 0.29) is 35.0 Å². The quantitative estimate of drug-likeness (QED) is 0.140. The van der Waals surface area contributed by atoms with Gasteiger partial charge in [-0.1, -0.05) is 6.07 Å². The lowest BCUT2D eigenvalue weighted by Crippen LogP contribution is -2.39. The van der Waals surface area contributed by atoms with Crippen LogP contribution in [-0.4, -0.2) is 125 Å². The SMILES string of the molecule is BC(B)(B)Oc1ncnc(OC(B)(B)B)c1-n1c(NS(=O)(=O)[C@@H](C)[C@H](OC)c2ncc(C)cn2)nnc1-c1cccc(OC)n1. The Morgan fingerprint density at radius 1 is 0.911 bits per heavy atom. The van der Waals surface area contributed by atoms with Crippen LogP contribution >= 0.6 is 0 Å². The third-order valence-electron chi connectivity index (χ3n) is 6.07. The molecule has 0 spiro atoms. The van der Waals surface area contributed by atoms with Crippen molar-refractivity contribution < 1.29 is 27.4 Å². The number of hydrogen-bond acceptors (Lipinski definition) is 13. The molecule has 0 saturated heterocycles. The largest absolute Gasteiger partial charge is 0.497 e. The molecule has 0 aromatic carbocycles. The number of anilines is 1. The average Bonchev–Trinajstić information content (AvgIpc) is 3.35. The number of nitrogens with zero attached hydrogens (tertiary/aromatic N) is 8. The fourth-order valence-corrected chi connectivity index (χ4v) is 5.22. The number of pyridine rings is 1. The highest BCUT2D eigenvalue weighted by atomic mass is 32.2. The summed E-state index contributed by atoms with van der Waals surface area (Å²) >= 11 is 0. The van der Waals surface area contributed by atoms with Crippen molar-refractivity contribution in [2.45, 2.75) is 35.8 Å². The molecule has 0 aliphatic heterocycles. The van der Waals surface area contributed by atoms with Gasteiger partial charge in [-0.05, 0) is 25.5 Å². The highest BCUT2D eigenvalue weighted by Gasteiger charge is 2.36. The van der Waals surface area contributed by atoms with Gasteiger partial charge in [0.2, 0.25) is 33.6 Å². The molecule has 2 atom stereocenters. The van der Waals surface area contributed by atoms with Gasteiger partial charge in [0.25, 0.3) is 0 Å². The Morgan fingerprint density at radius 2 is 1.51 bits per heavy atom. The van der Waals surface area contributed by atoms with Crippen molar-refractivity contribution >= 4 is 63.0 Å². The molecule has 0 bridgehead atoms. The Hall–Kier alpha value is -4.05. The van der Waals surface area contributed by atoms with Crippen molar-refractivity contribution in [3.63, 3.8) is 0 Å². The van der Waals surface area contributed by atoms with E-state index in [1.807, 2.05) is 54.0 Å². The molecule has 0 amide bonds. The van der Waals surface area contributed by atoms with Gasteiger partial charge in [0.1, 0.15) is 70.5 Å². The van der Waals surface area contributed by atoms with Crippen LogP contribution < -0.4 is 18.9 Å². The number of hydrogen-bond donors (Lipinski definition) is 1. The average molecular weight is 629 g/mol. The summed E-state index contributed by atoms with van der Waals surface area (Å²) in [6.45, 7) is 3.32. The van der Waals surface area contributed by atoms with E-state index in [0.717, 1.165) is 5.56 Å². The van der Waals surface area contributed by atoms with Gasteiger partial charge in [0, 0.05) is 36.2 Å². The maximum atomic E-state index is 13.9. The van der Waals surface area contributed by atoms with Crippen molar-refractivity contribution in [1.29, 1.82) is 0 Å². The molecule has 1 N–H and O–H groups in total. The molecular formula is C23H33B6N9O6S. The maximum absolute atomic E-state index is 13.9. The van der Waals surface area contributed by atoms with E-state index in [1.165, 1.54) is 32.0 Å². The Balaban J connectivity index is 1.94. The number of aromatic nitrogens is 8. The first-order valence-electron chi connectivity index (χ1n) is 14.1. The van der Waals surface area contributed by atoms with E-state index in [4.69, 9.17) is 18.9 Å². The summed E-state index contributed by atoms with van der Waals surface area (Å²) in [6, 6.07) is 5.07. The monoisotopic (exact) mass is 629 g/mol. The van der Waals surface area contributed by atoms with Gasteiger partial charge >= 0.3 is 0 Å². The number of rotatable bonds is 13. The summed E-state index contributed by atoms with van der Waals surface area (Å²) in [6.07, 6.45) is 3.48. The summed E-state index contributed by atoms with van der Waals surface area (Å²) in [4.78, 5) is 21.8. The zero-order valence-electron chi connectivity index (χ0n) is 27.1. The second-order valence-corrected chi connectivity index (χ2v) is 14.2. The smallest absolute Gasteiger partial charge is 0.244 e. The zero-order chi connectivity index (χ0) is 33.2. The van der Waals surface area contributed by atoms with E-state index in [9.17, 15) is 8.42 Å². The second kappa shape index (κ2) is 13.1. The molecule has 0 unspecified atom stereocenters. The normalized spacial score (nSPS) is 13.5. The van der Waals surface area contributed by atoms with Gasteiger partial charge in [0.15, 0.2) is 17.3 Å². The first-order valence-corrected chi connectivity index (χ1v) is 15.6. The maximum Gasteiger partial charge on any atom is 0.244 e. The standard InChI is InChI=1S/C23H33B6N9O6S/c1-11-8-30-17(31-9-11)16(42-4)12(2)45(39,40)37-21-36-35-18(13-6-5-7-14(34-13)41-3)38(21)15-19(43-22(24,25)26)32-10-33-20(15)44-23(27,28)29/h5-10,12,16H,24-29H2,1-4H3,(H,36,37)/t12-,16-/m0/s1. The lowest BCUT2D eigenvalue weighted by molar-refractivity contribution is 0.0949. The molecule has 22 heteroatoms. The van der Waals surface area contributed by atoms with E-state index < -0.39 is 32.0 Å². The van der Waals surface area contributed by atoms with Gasteiger partial charge in [0.05, 0.1) is 7.11 Å². The molecule has 0 fully saturated rings. The molecule has 0 radical (unpaired) electrons. The topological polar surface area (TPSA) is 178 Å². The molecule has 4 aromatic heterocycles. The van der Waals surface area contributed by atoms with Crippen LogP contribution in [0.5, 0.6) is 17.6 Å². The van der Waals surface area contributed by atoms with Crippen molar-refractivity contribution in [2.24, 2.45) is 0 Å². The highest BCUT2D eigenvalue weighted by Crippen LogP contribution is 2.37. The van der Waals surface area contributed by atoms with E-state index >= 15 is 0 Å². The zero-order valence-corrected chi connectivity index (χ0v) is 27.9. The molecule has 0 saturated carbocycles. The van der Waals surface area contributed by atoms with Crippen molar-refractivity contribution in [2.75, 3.05) is 18.9 Å². The van der Waals surface area contributed by atoms with Crippen LogP contribution in [0, 0.1) is 6.92 Å². The minimum atomic E-state index is -4.24. The van der Waals surface area contributed by atoms with Gasteiger partial charge in [-0.3, -0.25) is 4.72 Å². The Kier molecular flexibility index (Phi) is 9.87. The molecule has 230 valence electrons. The van der Waals surface area contributed by atoms with E-state index in [1.54, 1.807) is 30.6 Å². The lowest BCUT2D eigenvalue weighted by Gasteiger charge is -2.27. The van der Waals surface area contributed by atoms with E-state index in [0.29, 0.717) is 11.6 Å². The molecular weight excluding hydrogens is 595 g/mol. The van der Waals surface area contributed by atoms with Crippen LogP contribution in [0.3, 0.4) is 0 Å². The summed E-state index contributed by atoms with van der Waals surface area (Å²) < 4.78 is 55.2. The summed E-state index contributed by atoms with van der Waals surface area (Å²) in [5.74, 6) is 0.640. The van der Waals surface area contributed by atoms with Crippen LogP contribution in [0.25, 0.3) is 17.2 Å². The molecule has 4 rings (SSSR count). The number of ether oxygens (including phenoxy) is 4.